The zero-order chi connectivity index (χ0) is 14.4. The summed E-state index contributed by atoms with van der Waals surface area (Å²) in [6.45, 7) is 4.40. The smallest absolute Gasteiger partial charge is 0.322 e. The number of aliphatic hydroxyl groups excluding tert-OH is 1. The van der Waals surface area contributed by atoms with Gasteiger partial charge >= 0.3 is 5.97 Å². The molecule has 0 bridgehead atoms. The number of ether oxygens (including phenoxy) is 1. The monoisotopic (exact) mass is 262 g/mol. The summed E-state index contributed by atoms with van der Waals surface area (Å²) in [6, 6.07) is 0.176. The molecular formula is C13H30N2O3. The Morgan fingerprint density at radius 2 is 1.72 bits per heavy atom. The van der Waals surface area contributed by atoms with Crippen molar-refractivity contribution in [3.8, 4) is 0 Å². The second-order valence-corrected chi connectivity index (χ2v) is 4.11. The Labute approximate surface area is 111 Å². The number of hydrogen-bond acceptors (Lipinski definition) is 5. The van der Waals surface area contributed by atoms with Crippen LogP contribution < -0.4 is 10.6 Å². The highest BCUT2D eigenvalue weighted by Gasteiger charge is 2.14. The van der Waals surface area contributed by atoms with Gasteiger partial charge in [-0.3, -0.25) is 4.79 Å². The van der Waals surface area contributed by atoms with Crippen LogP contribution in [0.2, 0.25) is 0 Å². The van der Waals surface area contributed by atoms with Gasteiger partial charge in [-0.2, -0.15) is 0 Å². The van der Waals surface area contributed by atoms with Crippen molar-refractivity contribution in [1.29, 1.82) is 0 Å². The largest absolute Gasteiger partial charge is 0.468 e. The standard InChI is InChI=1S/C7H15NO2.C6H15NO/c1-4-5-6(8-2)7(9)10-3;1-3-4-6(5-8)7-2/h6,8H,4-5H2,1-3H3;6-8H,3-5H2,1-2H3. The molecule has 0 aliphatic heterocycles. The molecule has 0 radical (unpaired) electrons. The van der Waals surface area contributed by atoms with Crippen molar-refractivity contribution in [2.24, 2.45) is 0 Å². The maximum absolute atomic E-state index is 10.8. The van der Waals surface area contributed by atoms with Gasteiger partial charge in [-0.05, 0) is 26.9 Å². The predicted octanol–water partition coefficient (Wildman–Crippen LogP) is 0.914. The lowest BCUT2D eigenvalue weighted by Gasteiger charge is -2.11. The Morgan fingerprint density at radius 1 is 1.17 bits per heavy atom. The molecule has 18 heavy (non-hydrogen) atoms. The zero-order valence-corrected chi connectivity index (χ0v) is 12.5. The van der Waals surface area contributed by atoms with Gasteiger partial charge in [0.15, 0.2) is 0 Å². The summed E-state index contributed by atoms with van der Waals surface area (Å²) >= 11 is 0. The minimum atomic E-state index is -0.177. The molecule has 0 amide bonds. The number of aliphatic hydroxyl groups is 1. The van der Waals surface area contributed by atoms with Crippen LogP contribution >= 0.6 is 0 Å². The lowest BCUT2D eigenvalue weighted by Crippen LogP contribution is -2.34. The van der Waals surface area contributed by atoms with Crippen molar-refractivity contribution in [3.05, 3.63) is 0 Å². The molecule has 0 aliphatic carbocycles. The van der Waals surface area contributed by atoms with Gasteiger partial charge in [0.2, 0.25) is 0 Å². The van der Waals surface area contributed by atoms with Crippen LogP contribution in [0.4, 0.5) is 0 Å². The summed E-state index contributed by atoms with van der Waals surface area (Å²) in [7, 11) is 5.04. The minimum absolute atomic E-state index is 0.130. The number of methoxy groups -OCH3 is 1. The number of nitrogens with one attached hydrogen (secondary N) is 2. The van der Waals surface area contributed by atoms with E-state index in [0.29, 0.717) is 6.04 Å². The third-order valence-electron chi connectivity index (χ3n) is 2.68. The van der Waals surface area contributed by atoms with Gasteiger partial charge in [-0.15, -0.1) is 0 Å². The van der Waals surface area contributed by atoms with Crippen LogP contribution in [0.25, 0.3) is 0 Å². The fraction of sp³-hybridized carbons (Fsp3) is 0.923. The molecule has 110 valence electrons. The molecule has 0 aromatic heterocycles. The Balaban J connectivity index is 0. The van der Waals surface area contributed by atoms with Gasteiger partial charge in [0.05, 0.1) is 13.7 Å². The van der Waals surface area contributed by atoms with Gasteiger partial charge in [0.25, 0.3) is 0 Å². The highest BCUT2D eigenvalue weighted by molar-refractivity contribution is 5.75. The molecule has 2 unspecified atom stereocenters. The van der Waals surface area contributed by atoms with Gasteiger partial charge in [-0.25, -0.2) is 0 Å². The fourth-order valence-corrected chi connectivity index (χ4v) is 1.49. The van der Waals surface area contributed by atoms with Gasteiger partial charge in [0, 0.05) is 6.04 Å². The molecule has 0 saturated carbocycles. The van der Waals surface area contributed by atoms with Crippen molar-refractivity contribution in [1.82, 2.24) is 10.6 Å². The average molecular weight is 262 g/mol. The normalized spacial score (nSPS) is 13.2. The van der Waals surface area contributed by atoms with Gasteiger partial charge in [0.1, 0.15) is 6.04 Å². The lowest BCUT2D eigenvalue weighted by atomic mass is 10.2. The van der Waals surface area contributed by atoms with Crippen molar-refractivity contribution in [3.63, 3.8) is 0 Å². The van der Waals surface area contributed by atoms with E-state index in [0.717, 1.165) is 25.7 Å². The van der Waals surface area contributed by atoms with E-state index >= 15 is 0 Å². The first kappa shape index (κ1) is 19.7. The van der Waals surface area contributed by atoms with Crippen molar-refractivity contribution in [2.75, 3.05) is 27.8 Å². The molecular weight excluding hydrogens is 232 g/mol. The second kappa shape index (κ2) is 14.4. The molecule has 0 spiro atoms. The molecule has 5 nitrogen and oxygen atoms in total. The zero-order valence-electron chi connectivity index (χ0n) is 12.5. The summed E-state index contributed by atoms with van der Waals surface area (Å²) in [5.41, 5.74) is 0. The SMILES string of the molecule is CCCC(CO)NC.CCCC(NC)C(=O)OC. The molecule has 5 heteroatoms. The molecule has 0 aromatic rings. The predicted molar refractivity (Wildman–Crippen MR) is 74.6 cm³/mol. The quantitative estimate of drug-likeness (QED) is 0.567. The Hall–Kier alpha value is -0.650. The molecule has 0 rings (SSSR count). The third kappa shape index (κ3) is 10.5. The highest BCUT2D eigenvalue weighted by atomic mass is 16.5. The molecule has 2 atom stereocenters. The van der Waals surface area contributed by atoms with Crippen LogP contribution in [-0.2, 0) is 9.53 Å². The average Bonchev–Trinajstić information content (AvgIpc) is 2.41. The van der Waals surface area contributed by atoms with E-state index in [1.807, 2.05) is 14.0 Å². The molecule has 0 heterocycles. The number of carbonyl (C=O) groups excluding carboxylic acids is 1. The molecule has 3 N–H and O–H groups in total. The molecule has 0 aliphatic rings. The fourth-order valence-electron chi connectivity index (χ4n) is 1.49. The first-order valence-electron chi connectivity index (χ1n) is 6.64. The Kier molecular flexibility index (Phi) is 15.8. The maximum Gasteiger partial charge on any atom is 0.322 e. The van der Waals surface area contributed by atoms with E-state index in [9.17, 15) is 4.79 Å². The summed E-state index contributed by atoms with van der Waals surface area (Å²) in [5.74, 6) is -0.177. The number of hydrogen-bond donors (Lipinski definition) is 3. The summed E-state index contributed by atoms with van der Waals surface area (Å²) in [6.07, 6.45) is 4.02. The first-order valence-corrected chi connectivity index (χ1v) is 6.64. The topological polar surface area (TPSA) is 70.6 Å². The van der Waals surface area contributed by atoms with E-state index in [1.165, 1.54) is 7.11 Å². The Bertz CT molecular complexity index is 185. The van der Waals surface area contributed by atoms with Crippen LogP contribution in [-0.4, -0.2) is 51.0 Å². The second-order valence-electron chi connectivity index (χ2n) is 4.11. The van der Waals surface area contributed by atoms with Crippen LogP contribution in [0.5, 0.6) is 0 Å². The summed E-state index contributed by atoms with van der Waals surface area (Å²) < 4.78 is 4.55. The van der Waals surface area contributed by atoms with Crippen LogP contribution in [0.15, 0.2) is 0 Å². The molecule has 0 saturated heterocycles. The number of rotatable bonds is 8. The van der Waals surface area contributed by atoms with Crippen LogP contribution in [0, 0.1) is 0 Å². The van der Waals surface area contributed by atoms with E-state index < -0.39 is 0 Å². The summed E-state index contributed by atoms with van der Waals surface area (Å²) in [5, 5.41) is 14.5. The number of likely N-dealkylation sites (N-methyl/N-ethyl adjacent to an activating group) is 2. The van der Waals surface area contributed by atoms with Crippen molar-refractivity contribution >= 4 is 5.97 Å². The molecule has 0 fully saturated rings. The Morgan fingerprint density at radius 3 is 1.94 bits per heavy atom. The van der Waals surface area contributed by atoms with Crippen LogP contribution in [0.1, 0.15) is 39.5 Å². The molecule has 0 aromatic carbocycles. The van der Waals surface area contributed by atoms with Gasteiger partial charge < -0.3 is 20.5 Å². The van der Waals surface area contributed by atoms with E-state index in [1.54, 1.807) is 7.05 Å². The van der Waals surface area contributed by atoms with E-state index in [2.05, 4.69) is 22.3 Å². The lowest BCUT2D eigenvalue weighted by molar-refractivity contribution is -0.143. The first-order chi connectivity index (χ1) is 8.60. The van der Waals surface area contributed by atoms with Crippen molar-refractivity contribution < 1.29 is 14.6 Å². The minimum Gasteiger partial charge on any atom is -0.468 e. The van der Waals surface area contributed by atoms with Crippen LogP contribution in [0.3, 0.4) is 0 Å². The third-order valence-corrected chi connectivity index (χ3v) is 2.68. The maximum atomic E-state index is 10.8. The van der Waals surface area contributed by atoms with Crippen molar-refractivity contribution in [2.45, 2.75) is 51.6 Å². The summed E-state index contributed by atoms with van der Waals surface area (Å²) in [4.78, 5) is 10.8. The highest BCUT2D eigenvalue weighted by Crippen LogP contribution is 1.97. The number of esters is 1. The van der Waals surface area contributed by atoms with E-state index in [-0.39, 0.29) is 18.6 Å². The van der Waals surface area contributed by atoms with Gasteiger partial charge in [-0.1, -0.05) is 26.7 Å². The van der Waals surface area contributed by atoms with E-state index in [4.69, 9.17) is 5.11 Å². The number of carbonyl (C=O) groups is 1.